The molecule has 0 aromatic heterocycles. The monoisotopic (exact) mass is 188 g/mol. The summed E-state index contributed by atoms with van der Waals surface area (Å²) < 4.78 is 4.73. The molecule has 0 fully saturated rings. The highest BCUT2D eigenvalue weighted by Crippen LogP contribution is 2.02. The topological polar surface area (TPSA) is 50.7 Å². The lowest BCUT2D eigenvalue weighted by molar-refractivity contribution is -0.134. The van der Waals surface area contributed by atoms with Crippen LogP contribution in [-0.4, -0.2) is 25.0 Å². The molecule has 1 aliphatic heterocycles. The molecule has 0 aromatic carbocycles. The normalized spacial score (nSPS) is 15.8. The van der Waals surface area contributed by atoms with E-state index < -0.39 is 5.97 Å². The van der Waals surface area contributed by atoms with Gasteiger partial charge in [0, 0.05) is 6.08 Å². The van der Waals surface area contributed by atoms with Crippen LogP contribution in [0.1, 0.15) is 6.92 Å². The third kappa shape index (κ3) is 2.23. The summed E-state index contributed by atoms with van der Waals surface area (Å²) in [7, 11) is 0. The Morgan fingerprint density at radius 2 is 2.67 bits per heavy atom. The van der Waals surface area contributed by atoms with Crippen LogP contribution in [0.15, 0.2) is 16.2 Å². The number of hydrogen-bond donors (Lipinski definition) is 1. The third-order valence-corrected chi connectivity index (χ3v) is 1.49. The molecule has 1 aliphatic rings. The number of rotatable bonds is 2. The van der Waals surface area contributed by atoms with Crippen LogP contribution >= 0.6 is 11.6 Å². The van der Waals surface area contributed by atoms with E-state index in [1.165, 1.54) is 6.08 Å². The van der Waals surface area contributed by atoms with Gasteiger partial charge in [-0.25, -0.2) is 4.79 Å². The van der Waals surface area contributed by atoms with Crippen LogP contribution in [0.5, 0.6) is 0 Å². The minimum Gasteiger partial charge on any atom is -0.461 e. The summed E-state index contributed by atoms with van der Waals surface area (Å²) in [6.45, 7) is 2.41. The fourth-order valence-electron chi connectivity index (χ4n) is 0.745. The molecule has 0 atom stereocenters. The fraction of sp³-hybridized carbons (Fsp3) is 0.429. The summed E-state index contributed by atoms with van der Waals surface area (Å²) >= 11 is 5.62. The van der Waals surface area contributed by atoms with Crippen LogP contribution in [0, 0.1) is 0 Å². The molecule has 4 nitrogen and oxygen atoms in total. The Balaban J connectivity index is 2.63. The lowest BCUT2D eigenvalue weighted by atomic mass is 10.3. The predicted molar refractivity (Wildman–Crippen MR) is 46.0 cm³/mol. The van der Waals surface area contributed by atoms with Crippen molar-refractivity contribution in [1.82, 2.24) is 5.32 Å². The Bertz CT molecular complexity index is 248. The molecule has 0 amide bonds. The predicted octanol–water partition coefficient (Wildman–Crippen LogP) is 0.631. The molecule has 0 aromatic rings. The second-order valence-corrected chi connectivity index (χ2v) is 2.50. The van der Waals surface area contributed by atoms with Crippen molar-refractivity contribution in [2.75, 3.05) is 13.3 Å². The van der Waals surface area contributed by atoms with Crippen molar-refractivity contribution in [3.05, 3.63) is 11.2 Å². The quantitative estimate of drug-likeness (QED) is 0.511. The molecule has 0 aliphatic carbocycles. The molecule has 1 heterocycles. The van der Waals surface area contributed by atoms with Gasteiger partial charge in [0.05, 0.1) is 6.61 Å². The first-order valence-electron chi connectivity index (χ1n) is 3.56. The summed E-state index contributed by atoms with van der Waals surface area (Å²) in [4.78, 5) is 14.9. The SMILES string of the molecule is CCOC(=O)C1=NCNC(Cl)=C1. The Morgan fingerprint density at radius 1 is 1.92 bits per heavy atom. The van der Waals surface area contributed by atoms with E-state index in [0.717, 1.165) is 0 Å². The zero-order valence-electron chi connectivity index (χ0n) is 6.63. The van der Waals surface area contributed by atoms with E-state index in [1.54, 1.807) is 6.92 Å². The first-order valence-corrected chi connectivity index (χ1v) is 3.94. The lowest BCUT2D eigenvalue weighted by Crippen LogP contribution is -2.24. The summed E-state index contributed by atoms with van der Waals surface area (Å²) in [5.74, 6) is -0.433. The van der Waals surface area contributed by atoms with Crippen molar-refractivity contribution in [2.24, 2.45) is 4.99 Å². The Kier molecular flexibility index (Phi) is 3.10. The first kappa shape index (κ1) is 9.06. The summed E-state index contributed by atoms with van der Waals surface area (Å²) in [6.07, 6.45) is 1.45. The third-order valence-electron chi connectivity index (χ3n) is 1.25. The van der Waals surface area contributed by atoms with Crippen molar-refractivity contribution in [2.45, 2.75) is 6.92 Å². The minimum absolute atomic E-state index is 0.264. The van der Waals surface area contributed by atoms with Gasteiger partial charge >= 0.3 is 5.97 Å². The molecule has 1 N–H and O–H groups in total. The summed E-state index contributed by atoms with van der Waals surface area (Å²) in [5, 5.41) is 3.15. The highest BCUT2D eigenvalue weighted by atomic mass is 35.5. The molecule has 12 heavy (non-hydrogen) atoms. The number of carbonyl (C=O) groups excluding carboxylic acids is 1. The van der Waals surface area contributed by atoms with Gasteiger partial charge in [0.25, 0.3) is 0 Å². The van der Waals surface area contributed by atoms with Gasteiger partial charge in [-0.05, 0) is 6.92 Å². The van der Waals surface area contributed by atoms with Gasteiger partial charge < -0.3 is 10.1 Å². The van der Waals surface area contributed by atoms with Crippen LogP contribution in [0.3, 0.4) is 0 Å². The number of hydrogen-bond acceptors (Lipinski definition) is 4. The van der Waals surface area contributed by atoms with E-state index >= 15 is 0 Å². The van der Waals surface area contributed by atoms with Gasteiger partial charge in [0.15, 0.2) is 0 Å². The van der Waals surface area contributed by atoms with Crippen LogP contribution in [-0.2, 0) is 9.53 Å². The molecule has 0 radical (unpaired) electrons. The molecule has 0 saturated carbocycles. The van der Waals surface area contributed by atoms with Crippen molar-refractivity contribution in [1.29, 1.82) is 0 Å². The van der Waals surface area contributed by atoms with Crippen LogP contribution in [0.25, 0.3) is 0 Å². The maximum absolute atomic E-state index is 11.1. The highest BCUT2D eigenvalue weighted by Gasteiger charge is 2.12. The first-order chi connectivity index (χ1) is 5.74. The number of nitrogens with one attached hydrogen (secondary N) is 1. The molecule has 0 unspecified atom stereocenters. The van der Waals surface area contributed by atoms with Crippen molar-refractivity contribution in [3.63, 3.8) is 0 Å². The zero-order valence-corrected chi connectivity index (χ0v) is 7.39. The largest absolute Gasteiger partial charge is 0.461 e. The van der Waals surface area contributed by atoms with Gasteiger partial charge in [-0.15, -0.1) is 0 Å². The molecule has 0 spiro atoms. The second-order valence-electron chi connectivity index (χ2n) is 2.09. The van der Waals surface area contributed by atoms with Crippen molar-refractivity contribution in [3.8, 4) is 0 Å². The number of halogens is 1. The molecule has 66 valence electrons. The highest BCUT2D eigenvalue weighted by molar-refractivity contribution is 6.44. The van der Waals surface area contributed by atoms with E-state index in [1.807, 2.05) is 0 Å². The smallest absolute Gasteiger partial charge is 0.356 e. The van der Waals surface area contributed by atoms with Crippen molar-refractivity contribution >= 4 is 23.3 Å². The average molecular weight is 189 g/mol. The summed E-state index contributed by atoms with van der Waals surface area (Å²) in [6, 6.07) is 0. The Morgan fingerprint density at radius 3 is 3.25 bits per heavy atom. The van der Waals surface area contributed by atoms with Gasteiger partial charge in [-0.2, -0.15) is 0 Å². The van der Waals surface area contributed by atoms with Crippen LogP contribution in [0.2, 0.25) is 0 Å². The average Bonchev–Trinajstić information content (AvgIpc) is 2.05. The van der Waals surface area contributed by atoms with Gasteiger partial charge in [0.2, 0.25) is 0 Å². The van der Waals surface area contributed by atoms with E-state index in [0.29, 0.717) is 18.4 Å². The van der Waals surface area contributed by atoms with Gasteiger partial charge in [-0.3, -0.25) is 4.99 Å². The maximum Gasteiger partial charge on any atom is 0.356 e. The second kappa shape index (κ2) is 4.11. The Hall–Kier alpha value is -1.03. The number of esters is 1. The van der Waals surface area contributed by atoms with Crippen LogP contribution in [0.4, 0.5) is 0 Å². The van der Waals surface area contributed by atoms with Crippen molar-refractivity contribution < 1.29 is 9.53 Å². The number of ether oxygens (including phenoxy) is 1. The fourth-order valence-corrected chi connectivity index (χ4v) is 0.909. The standard InChI is InChI=1S/C7H9ClN2O2/c1-2-12-7(11)5-3-6(8)10-4-9-5/h3,10H,2,4H2,1H3. The van der Waals surface area contributed by atoms with E-state index in [2.05, 4.69) is 10.3 Å². The van der Waals surface area contributed by atoms with E-state index in [-0.39, 0.29) is 5.71 Å². The minimum atomic E-state index is -0.433. The number of aliphatic imine (C=N–C) groups is 1. The van der Waals surface area contributed by atoms with E-state index in [4.69, 9.17) is 16.3 Å². The number of nitrogens with zero attached hydrogens (tertiary/aromatic N) is 1. The molecular formula is C7H9ClN2O2. The molecule has 0 saturated heterocycles. The summed E-state index contributed by atoms with van der Waals surface area (Å²) in [5.41, 5.74) is 0.264. The molecule has 0 bridgehead atoms. The maximum atomic E-state index is 11.1. The van der Waals surface area contributed by atoms with Gasteiger partial charge in [-0.1, -0.05) is 11.6 Å². The van der Waals surface area contributed by atoms with Crippen LogP contribution < -0.4 is 5.32 Å². The van der Waals surface area contributed by atoms with Gasteiger partial charge in [0.1, 0.15) is 17.5 Å². The molecule has 5 heteroatoms. The Labute approximate surface area is 75.3 Å². The van der Waals surface area contributed by atoms with E-state index in [9.17, 15) is 4.79 Å². The lowest BCUT2D eigenvalue weighted by Gasteiger charge is -2.09. The molecule has 1 rings (SSSR count). The molecular weight excluding hydrogens is 180 g/mol. The zero-order chi connectivity index (χ0) is 8.97. The number of carbonyl (C=O) groups is 1.